The monoisotopic (exact) mass is 340 g/mol. The van der Waals surface area contributed by atoms with E-state index in [1.807, 2.05) is 0 Å². The van der Waals surface area contributed by atoms with Crippen molar-refractivity contribution in [1.29, 1.82) is 0 Å². The molecule has 0 amide bonds. The zero-order chi connectivity index (χ0) is 17.9. The first kappa shape index (κ1) is 15.3. The molecule has 7 aliphatic rings. The summed E-state index contributed by atoms with van der Waals surface area (Å²) >= 11 is 0. The minimum Gasteiger partial charge on any atom is -0.457 e. The molecule has 1 aliphatic heterocycles. The van der Waals surface area contributed by atoms with E-state index in [-0.39, 0.29) is 22.4 Å². The van der Waals surface area contributed by atoms with Crippen LogP contribution >= 0.6 is 0 Å². The van der Waals surface area contributed by atoms with Crippen molar-refractivity contribution in [3.8, 4) is 0 Å². The van der Waals surface area contributed by atoms with Crippen molar-refractivity contribution in [3.63, 3.8) is 0 Å². The van der Waals surface area contributed by atoms with Gasteiger partial charge in [-0.05, 0) is 66.6 Å². The normalized spacial score (nSPS) is 71.6. The molecule has 2 nitrogen and oxygen atoms in total. The van der Waals surface area contributed by atoms with Crippen molar-refractivity contribution < 1.29 is 9.53 Å². The SMILES string of the molecule is C=C1C2CC(C)[C@]34C1[C@@]3(C2)[C@@H](C)C1C2(C)C(=O)O[C@@]14C(C)C(C)C2C. The molecular weight excluding hydrogens is 308 g/mol. The third-order valence-corrected chi connectivity index (χ3v) is 11.5. The highest BCUT2D eigenvalue weighted by molar-refractivity contribution is 5.83. The lowest BCUT2D eigenvalue weighted by Crippen LogP contribution is -2.61. The molecule has 6 saturated carbocycles. The maximum absolute atomic E-state index is 13.3. The summed E-state index contributed by atoms with van der Waals surface area (Å²) in [4.78, 5) is 13.3. The molecule has 0 aromatic carbocycles. The van der Waals surface area contributed by atoms with Crippen molar-refractivity contribution in [3.05, 3.63) is 12.2 Å². The second kappa shape index (κ2) is 3.62. The van der Waals surface area contributed by atoms with Crippen LogP contribution in [0, 0.1) is 63.6 Å². The van der Waals surface area contributed by atoms with E-state index in [1.54, 1.807) is 0 Å². The van der Waals surface area contributed by atoms with Gasteiger partial charge in [0.1, 0.15) is 5.60 Å². The van der Waals surface area contributed by atoms with Crippen LogP contribution in [0.25, 0.3) is 0 Å². The van der Waals surface area contributed by atoms with Gasteiger partial charge >= 0.3 is 5.97 Å². The van der Waals surface area contributed by atoms with Crippen LogP contribution in [0.2, 0.25) is 0 Å². The van der Waals surface area contributed by atoms with E-state index in [4.69, 9.17) is 4.74 Å². The summed E-state index contributed by atoms with van der Waals surface area (Å²) in [7, 11) is 0. The summed E-state index contributed by atoms with van der Waals surface area (Å²) in [6.45, 7) is 18.9. The Morgan fingerprint density at radius 1 is 1.08 bits per heavy atom. The predicted molar refractivity (Wildman–Crippen MR) is 96.5 cm³/mol. The van der Waals surface area contributed by atoms with Gasteiger partial charge in [0.2, 0.25) is 0 Å². The molecule has 6 bridgehead atoms. The molecule has 2 spiro atoms. The molecule has 25 heavy (non-hydrogen) atoms. The fourth-order valence-corrected chi connectivity index (χ4v) is 10.7. The fraction of sp³-hybridized carbons (Fsp3) is 0.870. The van der Waals surface area contributed by atoms with Crippen LogP contribution in [0.4, 0.5) is 0 Å². The number of allylic oxidation sites excluding steroid dienone is 1. The Kier molecular flexibility index (Phi) is 2.22. The van der Waals surface area contributed by atoms with Crippen LogP contribution in [0.15, 0.2) is 12.2 Å². The molecule has 2 heteroatoms. The summed E-state index contributed by atoms with van der Waals surface area (Å²) < 4.78 is 6.67. The Morgan fingerprint density at radius 2 is 1.76 bits per heavy atom. The molecule has 136 valence electrons. The summed E-state index contributed by atoms with van der Waals surface area (Å²) in [5, 5.41) is 0. The van der Waals surface area contributed by atoms with Gasteiger partial charge in [-0.15, -0.1) is 0 Å². The highest BCUT2D eigenvalue weighted by atomic mass is 16.6. The van der Waals surface area contributed by atoms with Crippen LogP contribution in [-0.2, 0) is 9.53 Å². The Hall–Kier alpha value is -0.790. The van der Waals surface area contributed by atoms with Gasteiger partial charge < -0.3 is 4.74 Å². The quantitative estimate of drug-likeness (QED) is 0.472. The lowest BCUT2D eigenvalue weighted by atomic mass is 9.46. The van der Waals surface area contributed by atoms with E-state index in [2.05, 4.69) is 48.1 Å². The van der Waals surface area contributed by atoms with Crippen LogP contribution in [0.1, 0.15) is 54.4 Å². The van der Waals surface area contributed by atoms with Gasteiger partial charge in [-0.2, -0.15) is 0 Å². The van der Waals surface area contributed by atoms with Crippen molar-refractivity contribution in [1.82, 2.24) is 0 Å². The molecular formula is C23H32O2. The molecule has 0 aromatic rings. The van der Waals surface area contributed by atoms with Crippen molar-refractivity contribution in [2.24, 2.45) is 63.6 Å². The minimum atomic E-state index is -0.297. The maximum Gasteiger partial charge on any atom is 0.313 e. The molecule has 8 unspecified atom stereocenters. The number of carbonyl (C=O) groups is 1. The Morgan fingerprint density at radius 3 is 2.44 bits per heavy atom. The number of carbonyl (C=O) groups excluding carboxylic acids is 1. The summed E-state index contributed by atoms with van der Waals surface area (Å²) in [6.07, 6.45) is 2.59. The highest BCUT2D eigenvalue weighted by Gasteiger charge is 3.01. The van der Waals surface area contributed by atoms with Crippen molar-refractivity contribution >= 4 is 5.97 Å². The van der Waals surface area contributed by atoms with Gasteiger partial charge in [0.05, 0.1) is 5.41 Å². The smallest absolute Gasteiger partial charge is 0.313 e. The van der Waals surface area contributed by atoms with Gasteiger partial charge in [-0.25, -0.2) is 0 Å². The Bertz CT molecular complexity index is 755. The topological polar surface area (TPSA) is 26.3 Å². The van der Waals surface area contributed by atoms with E-state index in [9.17, 15) is 4.79 Å². The van der Waals surface area contributed by atoms with Gasteiger partial charge in [0.25, 0.3) is 0 Å². The highest BCUT2D eigenvalue weighted by Crippen LogP contribution is 3.00. The average Bonchev–Trinajstić information content (AvgIpc) is 2.96. The Balaban J connectivity index is 1.68. The lowest BCUT2D eigenvalue weighted by Gasteiger charge is -2.57. The summed E-state index contributed by atoms with van der Waals surface area (Å²) in [5.41, 5.74) is 1.56. The third-order valence-electron chi connectivity index (χ3n) is 11.5. The molecule has 12 atom stereocenters. The molecule has 0 N–H and O–H groups in total. The number of rotatable bonds is 0. The standard InChI is InChI=1S/C23H32O2/c1-10-8-16-9-21-15(6)18-20(7)13(4)11(2)14(5)23(18,25-19(20)24)22(10,21)17(21)12(16)3/h10-11,13-18H,3,8-9H2,1-2,4-7H3/t10?,11?,13?,14?,15-,16?,17?,18?,20?,21+,22-,23-/m0/s1. The number of esters is 1. The second-order valence-electron chi connectivity index (χ2n) is 11.1. The van der Waals surface area contributed by atoms with Gasteiger partial charge in [0.15, 0.2) is 0 Å². The van der Waals surface area contributed by atoms with E-state index in [0.29, 0.717) is 46.8 Å². The molecule has 7 fully saturated rings. The van der Waals surface area contributed by atoms with Crippen LogP contribution in [-0.4, -0.2) is 11.6 Å². The molecule has 7 rings (SSSR count). The third kappa shape index (κ3) is 0.980. The van der Waals surface area contributed by atoms with Gasteiger partial charge in [0, 0.05) is 11.3 Å². The predicted octanol–water partition coefficient (Wildman–Crippen LogP) is 4.69. The first-order chi connectivity index (χ1) is 11.6. The van der Waals surface area contributed by atoms with Crippen LogP contribution < -0.4 is 0 Å². The summed E-state index contributed by atoms with van der Waals surface area (Å²) in [5.74, 6) is 4.49. The number of hydrogen-bond acceptors (Lipinski definition) is 2. The van der Waals surface area contributed by atoms with Crippen molar-refractivity contribution in [2.45, 2.75) is 60.0 Å². The minimum absolute atomic E-state index is 0.113. The maximum atomic E-state index is 13.3. The van der Waals surface area contributed by atoms with Crippen molar-refractivity contribution in [2.75, 3.05) is 0 Å². The van der Waals surface area contributed by atoms with Gasteiger partial charge in [-0.3, -0.25) is 4.79 Å². The summed E-state index contributed by atoms with van der Waals surface area (Å²) in [6, 6.07) is 0. The van der Waals surface area contributed by atoms with Crippen LogP contribution in [0.3, 0.4) is 0 Å². The molecule has 0 radical (unpaired) electrons. The van der Waals surface area contributed by atoms with Crippen LogP contribution in [0.5, 0.6) is 0 Å². The molecule has 1 heterocycles. The first-order valence-electron chi connectivity index (χ1n) is 10.6. The first-order valence-corrected chi connectivity index (χ1v) is 10.6. The zero-order valence-corrected chi connectivity index (χ0v) is 16.6. The van der Waals surface area contributed by atoms with E-state index in [1.165, 1.54) is 18.4 Å². The van der Waals surface area contributed by atoms with E-state index < -0.39 is 0 Å². The second-order valence-corrected chi connectivity index (χ2v) is 11.1. The average molecular weight is 341 g/mol. The molecule has 6 aliphatic carbocycles. The number of fused-ring (bicyclic) bond motifs is 1. The lowest BCUT2D eigenvalue weighted by molar-refractivity contribution is -0.179. The number of hydrogen-bond donors (Lipinski definition) is 0. The number of ether oxygens (including phenoxy) is 1. The molecule has 0 aromatic heterocycles. The van der Waals surface area contributed by atoms with E-state index in [0.717, 1.165) is 5.92 Å². The Labute approximate surface area is 151 Å². The zero-order valence-electron chi connectivity index (χ0n) is 16.6. The largest absolute Gasteiger partial charge is 0.457 e. The fourth-order valence-electron chi connectivity index (χ4n) is 10.7. The van der Waals surface area contributed by atoms with E-state index >= 15 is 0 Å². The molecule has 1 saturated heterocycles. The van der Waals surface area contributed by atoms with Gasteiger partial charge in [-0.1, -0.05) is 46.8 Å².